The molecule has 0 fully saturated rings. The fourth-order valence-corrected chi connectivity index (χ4v) is 4.55. The van der Waals surface area contributed by atoms with Gasteiger partial charge in [0.05, 0.1) is 23.1 Å². The Balaban J connectivity index is 1.64. The number of amides is 1. The number of anilines is 1. The van der Waals surface area contributed by atoms with Gasteiger partial charge in [-0.05, 0) is 37.3 Å². The molecule has 3 aromatic rings. The average molecular weight is 433 g/mol. The van der Waals surface area contributed by atoms with E-state index in [1.807, 2.05) is 0 Å². The van der Waals surface area contributed by atoms with Gasteiger partial charge in [0.1, 0.15) is 17.2 Å². The van der Waals surface area contributed by atoms with Crippen LogP contribution in [0.5, 0.6) is 0 Å². The Bertz CT molecular complexity index is 1300. The summed E-state index contributed by atoms with van der Waals surface area (Å²) in [6.45, 7) is 1.51. The lowest BCUT2D eigenvalue weighted by Crippen LogP contribution is -2.43. The van der Waals surface area contributed by atoms with Crippen molar-refractivity contribution < 1.29 is 22.0 Å². The van der Waals surface area contributed by atoms with Crippen LogP contribution in [-0.2, 0) is 15.6 Å². The van der Waals surface area contributed by atoms with Crippen LogP contribution >= 0.6 is 0 Å². The molecule has 156 valence electrons. The third-order valence-corrected chi connectivity index (χ3v) is 6.77. The first kappa shape index (κ1) is 20.0. The summed E-state index contributed by atoms with van der Waals surface area (Å²) in [5.41, 5.74) is -0.318. The number of aliphatic imine (C=N–C) groups is 1. The Morgan fingerprint density at radius 3 is 2.73 bits per heavy atom. The van der Waals surface area contributed by atoms with Gasteiger partial charge in [0.15, 0.2) is 5.82 Å². The van der Waals surface area contributed by atoms with Crippen LogP contribution in [0.3, 0.4) is 0 Å². The summed E-state index contributed by atoms with van der Waals surface area (Å²) in [6.07, 6.45) is 1.14. The molecule has 1 aliphatic heterocycles. The van der Waals surface area contributed by atoms with Gasteiger partial charge in [-0.1, -0.05) is 0 Å². The van der Waals surface area contributed by atoms with E-state index in [0.29, 0.717) is 11.0 Å². The molecule has 1 aromatic heterocycles. The number of benzene rings is 2. The predicted octanol–water partition coefficient (Wildman–Crippen LogP) is 2.61. The molecule has 8 nitrogen and oxygen atoms in total. The third-order valence-electron chi connectivity index (χ3n) is 4.87. The lowest BCUT2D eigenvalue weighted by atomic mass is 9.93. The van der Waals surface area contributed by atoms with E-state index in [9.17, 15) is 22.0 Å². The van der Waals surface area contributed by atoms with Crippen molar-refractivity contribution in [3.05, 3.63) is 59.4 Å². The first-order valence-electron chi connectivity index (χ1n) is 8.85. The number of fused-ring (bicyclic) bond motifs is 1. The van der Waals surface area contributed by atoms with Gasteiger partial charge in [-0.15, -0.1) is 0 Å². The Hall–Kier alpha value is -3.34. The van der Waals surface area contributed by atoms with E-state index < -0.39 is 38.9 Å². The maximum absolute atomic E-state index is 14.5. The summed E-state index contributed by atoms with van der Waals surface area (Å²) in [6, 6.07) is 7.71. The number of rotatable bonds is 3. The molecular formula is C19H17F2N5O3S. The van der Waals surface area contributed by atoms with Gasteiger partial charge in [-0.2, -0.15) is 0 Å². The zero-order valence-electron chi connectivity index (χ0n) is 16.0. The molecule has 0 spiro atoms. The van der Waals surface area contributed by atoms with Crippen LogP contribution in [0.2, 0.25) is 0 Å². The van der Waals surface area contributed by atoms with Crippen molar-refractivity contribution in [2.75, 3.05) is 18.1 Å². The summed E-state index contributed by atoms with van der Waals surface area (Å²) in [5.74, 6) is -2.21. The van der Waals surface area contributed by atoms with Gasteiger partial charge >= 0.3 is 0 Å². The minimum Gasteiger partial charge on any atom is -0.334 e. The molecule has 4 rings (SSSR count). The molecule has 1 unspecified atom stereocenters. The van der Waals surface area contributed by atoms with Crippen LogP contribution in [-0.4, -0.2) is 47.7 Å². The monoisotopic (exact) mass is 433 g/mol. The number of hydrogen-bond donors (Lipinski definition) is 2. The molecule has 2 aromatic carbocycles. The second kappa shape index (κ2) is 6.87. The molecule has 1 amide bonds. The first-order valence-corrected chi connectivity index (χ1v) is 10.5. The van der Waals surface area contributed by atoms with E-state index in [1.165, 1.54) is 44.3 Å². The molecule has 1 atom stereocenters. The zero-order valence-corrected chi connectivity index (χ0v) is 16.8. The van der Waals surface area contributed by atoms with Crippen molar-refractivity contribution in [1.29, 1.82) is 0 Å². The van der Waals surface area contributed by atoms with E-state index in [4.69, 9.17) is 0 Å². The second-order valence-corrected chi connectivity index (χ2v) is 9.21. The number of nitrogens with one attached hydrogen (secondary N) is 2. The van der Waals surface area contributed by atoms with Gasteiger partial charge in [0, 0.05) is 24.4 Å². The van der Waals surface area contributed by atoms with E-state index in [2.05, 4.69) is 20.3 Å². The smallest absolute Gasteiger partial charge is 0.291 e. The Labute approximate surface area is 170 Å². The van der Waals surface area contributed by atoms with Gasteiger partial charge < -0.3 is 10.3 Å². The number of carbonyl (C=O) groups excluding carboxylic acids is 1. The van der Waals surface area contributed by atoms with E-state index in [-0.39, 0.29) is 17.1 Å². The van der Waals surface area contributed by atoms with E-state index in [0.717, 1.165) is 16.7 Å². The zero-order chi connectivity index (χ0) is 21.7. The Kier molecular flexibility index (Phi) is 4.57. The number of carbonyl (C=O) groups is 1. The first-order chi connectivity index (χ1) is 14.1. The maximum Gasteiger partial charge on any atom is 0.291 e. The average Bonchev–Trinajstić information content (AvgIpc) is 3.09. The number of aromatic amines is 1. The highest BCUT2D eigenvalue weighted by Gasteiger charge is 2.39. The highest BCUT2D eigenvalue weighted by molar-refractivity contribution is 7.89. The van der Waals surface area contributed by atoms with Crippen LogP contribution < -0.4 is 5.32 Å². The summed E-state index contributed by atoms with van der Waals surface area (Å²) >= 11 is 0. The highest BCUT2D eigenvalue weighted by Crippen LogP contribution is 2.34. The van der Waals surface area contributed by atoms with Gasteiger partial charge in [0.25, 0.3) is 5.91 Å². The number of halogens is 2. The topological polar surface area (TPSA) is 108 Å². The predicted molar refractivity (Wildman–Crippen MR) is 108 cm³/mol. The summed E-state index contributed by atoms with van der Waals surface area (Å²) < 4.78 is 53.3. The van der Waals surface area contributed by atoms with Crippen LogP contribution in [0, 0.1) is 11.6 Å². The van der Waals surface area contributed by atoms with Crippen LogP contribution in [0.15, 0.2) is 41.4 Å². The highest BCUT2D eigenvalue weighted by atomic mass is 32.2. The lowest BCUT2D eigenvalue weighted by molar-refractivity contribution is 0.101. The van der Waals surface area contributed by atoms with Crippen molar-refractivity contribution in [2.45, 2.75) is 12.5 Å². The molecule has 0 aliphatic carbocycles. The van der Waals surface area contributed by atoms with Crippen LogP contribution in [0.4, 0.5) is 14.5 Å². The fraction of sp³-hybridized carbons (Fsp3) is 0.211. The molecule has 11 heteroatoms. The molecule has 2 N–H and O–H groups in total. The Morgan fingerprint density at radius 2 is 2.00 bits per heavy atom. The number of aromatic nitrogens is 2. The number of nitrogens with zero attached hydrogens (tertiary/aromatic N) is 3. The molecule has 0 radical (unpaired) electrons. The van der Waals surface area contributed by atoms with Crippen molar-refractivity contribution in [3.8, 4) is 0 Å². The quantitative estimate of drug-likeness (QED) is 0.662. The van der Waals surface area contributed by atoms with E-state index >= 15 is 0 Å². The largest absolute Gasteiger partial charge is 0.334 e. The van der Waals surface area contributed by atoms with Gasteiger partial charge in [-0.3, -0.25) is 14.1 Å². The summed E-state index contributed by atoms with van der Waals surface area (Å²) in [7, 11) is -2.30. The van der Waals surface area contributed by atoms with Crippen molar-refractivity contribution in [2.24, 2.45) is 4.99 Å². The van der Waals surface area contributed by atoms with Crippen LogP contribution in [0.1, 0.15) is 23.1 Å². The van der Waals surface area contributed by atoms with Crippen molar-refractivity contribution in [3.63, 3.8) is 0 Å². The molecule has 0 saturated heterocycles. The second-order valence-electron chi connectivity index (χ2n) is 7.19. The SMILES string of the molecule is CN1C=NC(C)(c2cc(NC(=O)c3nc4cc(F)ccc4[nH]3)ccc2F)CS1(=O)=O. The fourth-order valence-electron chi connectivity index (χ4n) is 3.21. The number of H-pyrrole nitrogens is 1. The molecule has 1 aliphatic rings. The molecular weight excluding hydrogens is 416 g/mol. The molecule has 0 saturated carbocycles. The van der Waals surface area contributed by atoms with Crippen molar-refractivity contribution >= 4 is 39.0 Å². The maximum atomic E-state index is 14.5. The van der Waals surface area contributed by atoms with Gasteiger partial charge in [-0.25, -0.2) is 22.2 Å². The Morgan fingerprint density at radius 1 is 1.23 bits per heavy atom. The van der Waals surface area contributed by atoms with Crippen LogP contribution in [0.25, 0.3) is 11.0 Å². The summed E-state index contributed by atoms with van der Waals surface area (Å²) in [4.78, 5) is 23.6. The lowest BCUT2D eigenvalue weighted by Gasteiger charge is -2.32. The van der Waals surface area contributed by atoms with E-state index in [1.54, 1.807) is 0 Å². The number of sulfonamides is 1. The number of hydrogen-bond acceptors (Lipinski definition) is 5. The third kappa shape index (κ3) is 3.52. The van der Waals surface area contributed by atoms with Gasteiger partial charge in [0.2, 0.25) is 10.0 Å². The minimum atomic E-state index is -3.65. The molecule has 0 bridgehead atoms. The standard InChI is InChI=1S/C19H17F2N5O3S/c1-19(9-30(28,29)26(2)10-22-19)13-8-12(4-5-14(13)21)23-18(27)17-24-15-6-3-11(20)7-16(15)25-17/h3-8,10H,9H2,1-2H3,(H,23,27)(H,24,25). The molecule has 2 heterocycles. The van der Waals surface area contributed by atoms with Crippen molar-refractivity contribution in [1.82, 2.24) is 14.3 Å². The normalized spacial score (nSPS) is 20.5. The summed E-state index contributed by atoms with van der Waals surface area (Å²) in [5, 5.41) is 2.58. The minimum absolute atomic E-state index is 0.0277. The molecule has 30 heavy (non-hydrogen) atoms. The number of imidazole rings is 1.